The van der Waals surface area contributed by atoms with E-state index in [-0.39, 0.29) is 18.0 Å². The second kappa shape index (κ2) is 5.48. The first-order valence-electron chi connectivity index (χ1n) is 7.68. The van der Waals surface area contributed by atoms with Gasteiger partial charge in [-0.25, -0.2) is 9.97 Å². The lowest BCUT2D eigenvalue weighted by Crippen LogP contribution is -2.33. The third-order valence-corrected chi connectivity index (χ3v) is 4.36. The van der Waals surface area contributed by atoms with Crippen LogP contribution in [0.15, 0.2) is 42.7 Å². The number of benzene rings is 1. The minimum Gasteiger partial charge on any atom is -0.344 e. The van der Waals surface area contributed by atoms with Crippen molar-refractivity contribution in [2.75, 3.05) is 0 Å². The number of carbonyl (C=O) groups excluding carboxylic acids is 1. The summed E-state index contributed by atoms with van der Waals surface area (Å²) in [5, 5.41) is 3.07. The van der Waals surface area contributed by atoms with Gasteiger partial charge in [0.2, 0.25) is 0 Å². The van der Waals surface area contributed by atoms with Crippen LogP contribution < -0.4 is 11.1 Å². The minimum absolute atomic E-state index is 0.0322. The summed E-state index contributed by atoms with van der Waals surface area (Å²) in [6, 6.07) is 11.6. The molecule has 1 aliphatic rings. The van der Waals surface area contributed by atoms with Crippen molar-refractivity contribution < 1.29 is 4.79 Å². The number of rotatable bonds is 2. The van der Waals surface area contributed by atoms with Crippen LogP contribution in [0.5, 0.6) is 0 Å². The van der Waals surface area contributed by atoms with E-state index in [2.05, 4.69) is 20.3 Å². The average Bonchev–Trinajstić information content (AvgIpc) is 3.05. The molecule has 0 aliphatic heterocycles. The highest BCUT2D eigenvalue weighted by Crippen LogP contribution is 2.34. The zero-order valence-corrected chi connectivity index (χ0v) is 12.5. The number of amides is 1. The number of fused-ring (bicyclic) bond motifs is 2. The number of nitrogens with zero attached hydrogens (tertiary/aromatic N) is 2. The van der Waals surface area contributed by atoms with E-state index in [0.29, 0.717) is 11.3 Å². The highest BCUT2D eigenvalue weighted by Gasteiger charge is 2.26. The van der Waals surface area contributed by atoms with Crippen LogP contribution >= 0.6 is 0 Å². The molecule has 0 radical (unpaired) electrons. The Labute approximate surface area is 133 Å². The quantitative estimate of drug-likeness (QED) is 0.676. The minimum atomic E-state index is -0.190. The van der Waals surface area contributed by atoms with Crippen molar-refractivity contribution in [1.29, 1.82) is 0 Å². The Morgan fingerprint density at radius 1 is 1.17 bits per heavy atom. The van der Waals surface area contributed by atoms with Gasteiger partial charge in [-0.15, -0.1) is 0 Å². The monoisotopic (exact) mass is 307 g/mol. The van der Waals surface area contributed by atoms with Gasteiger partial charge in [0.1, 0.15) is 5.69 Å². The molecule has 0 fully saturated rings. The molecule has 2 atom stereocenters. The highest BCUT2D eigenvalue weighted by molar-refractivity contribution is 5.94. The third-order valence-electron chi connectivity index (χ3n) is 4.36. The molecule has 4 rings (SSSR count). The van der Waals surface area contributed by atoms with E-state index >= 15 is 0 Å². The first-order valence-corrected chi connectivity index (χ1v) is 7.68. The van der Waals surface area contributed by atoms with Gasteiger partial charge >= 0.3 is 0 Å². The molecule has 1 aromatic carbocycles. The van der Waals surface area contributed by atoms with Gasteiger partial charge in [0.05, 0.1) is 17.9 Å². The molecule has 0 saturated heterocycles. The summed E-state index contributed by atoms with van der Waals surface area (Å²) in [6.45, 7) is 0. The largest absolute Gasteiger partial charge is 0.344 e. The number of nitrogens with two attached hydrogens (primary N) is 1. The summed E-state index contributed by atoms with van der Waals surface area (Å²) in [4.78, 5) is 23.9. The summed E-state index contributed by atoms with van der Waals surface area (Å²) in [6.07, 6.45) is 3.25. The lowest BCUT2D eigenvalue weighted by molar-refractivity contribution is 0.0927. The van der Waals surface area contributed by atoms with Crippen molar-refractivity contribution in [3.8, 4) is 0 Å². The molecule has 0 saturated carbocycles. The zero-order chi connectivity index (χ0) is 15.8. The van der Waals surface area contributed by atoms with Crippen LogP contribution in [0, 0.1) is 0 Å². The fourth-order valence-corrected chi connectivity index (χ4v) is 3.15. The van der Waals surface area contributed by atoms with E-state index in [9.17, 15) is 4.79 Å². The molecule has 3 aromatic rings. The lowest BCUT2D eigenvalue weighted by atomic mass is 9.84. The van der Waals surface area contributed by atoms with Crippen molar-refractivity contribution in [2.24, 2.45) is 5.73 Å². The topological polar surface area (TPSA) is 96.7 Å². The van der Waals surface area contributed by atoms with Gasteiger partial charge in [-0.3, -0.25) is 4.79 Å². The van der Waals surface area contributed by atoms with Gasteiger partial charge in [-0.1, -0.05) is 24.3 Å². The Balaban J connectivity index is 1.60. The molecule has 6 heteroatoms. The van der Waals surface area contributed by atoms with Gasteiger partial charge in [0.15, 0.2) is 5.65 Å². The van der Waals surface area contributed by atoms with Gasteiger partial charge < -0.3 is 16.0 Å². The second-order valence-corrected chi connectivity index (χ2v) is 5.81. The molecule has 1 amide bonds. The fourth-order valence-electron chi connectivity index (χ4n) is 3.15. The standard InChI is InChI=1S/C17H17N5O/c18-12-5-6-13(11-4-2-1-3-10(11)12)22-17(23)15-8-7-14-16(21-15)20-9-19-14/h1-4,7-9,12-13H,5-6,18H2,(H,22,23)(H,19,20,21). The maximum absolute atomic E-state index is 12.5. The normalized spacial score (nSPS) is 20.2. The molecule has 4 N–H and O–H groups in total. The maximum Gasteiger partial charge on any atom is 0.270 e. The van der Waals surface area contributed by atoms with Crippen molar-refractivity contribution in [3.63, 3.8) is 0 Å². The van der Waals surface area contributed by atoms with Gasteiger partial charge in [-0.2, -0.15) is 0 Å². The zero-order valence-electron chi connectivity index (χ0n) is 12.5. The Hall–Kier alpha value is -2.73. The number of H-pyrrole nitrogens is 1. The number of hydrogen-bond acceptors (Lipinski definition) is 4. The van der Waals surface area contributed by atoms with Crippen molar-refractivity contribution in [2.45, 2.75) is 24.9 Å². The first kappa shape index (κ1) is 13.9. The molecule has 0 bridgehead atoms. The maximum atomic E-state index is 12.5. The molecule has 2 heterocycles. The number of aromatic amines is 1. The Bertz CT molecular complexity index is 872. The van der Waals surface area contributed by atoms with E-state index in [4.69, 9.17) is 5.73 Å². The molecule has 2 unspecified atom stereocenters. The lowest BCUT2D eigenvalue weighted by Gasteiger charge is -2.30. The molecule has 1 aliphatic carbocycles. The van der Waals surface area contributed by atoms with Crippen LogP contribution in [0.2, 0.25) is 0 Å². The molecular weight excluding hydrogens is 290 g/mol. The number of pyridine rings is 1. The Kier molecular flexibility index (Phi) is 3.31. The van der Waals surface area contributed by atoms with E-state index in [1.165, 1.54) is 0 Å². The summed E-state index contributed by atoms with van der Waals surface area (Å²) in [7, 11) is 0. The molecule has 23 heavy (non-hydrogen) atoms. The van der Waals surface area contributed by atoms with Crippen LogP contribution in [-0.2, 0) is 0 Å². The van der Waals surface area contributed by atoms with Gasteiger partial charge in [-0.05, 0) is 36.1 Å². The number of nitrogens with one attached hydrogen (secondary N) is 2. The van der Waals surface area contributed by atoms with Crippen LogP contribution in [0.25, 0.3) is 11.2 Å². The number of imidazole rings is 1. The highest BCUT2D eigenvalue weighted by atomic mass is 16.1. The summed E-state index contributed by atoms with van der Waals surface area (Å²) in [5.74, 6) is -0.190. The molecule has 116 valence electrons. The summed E-state index contributed by atoms with van der Waals surface area (Å²) < 4.78 is 0. The average molecular weight is 307 g/mol. The van der Waals surface area contributed by atoms with E-state index < -0.39 is 0 Å². The van der Waals surface area contributed by atoms with Crippen LogP contribution in [-0.4, -0.2) is 20.9 Å². The Morgan fingerprint density at radius 2 is 2.00 bits per heavy atom. The first-order chi connectivity index (χ1) is 11.2. The number of aromatic nitrogens is 3. The number of carbonyl (C=O) groups is 1. The van der Waals surface area contributed by atoms with Crippen LogP contribution in [0.4, 0.5) is 0 Å². The van der Waals surface area contributed by atoms with E-state index in [1.54, 1.807) is 12.4 Å². The van der Waals surface area contributed by atoms with Gasteiger partial charge in [0.25, 0.3) is 5.91 Å². The van der Waals surface area contributed by atoms with Gasteiger partial charge in [0, 0.05) is 6.04 Å². The van der Waals surface area contributed by atoms with E-state index in [1.807, 2.05) is 30.3 Å². The number of hydrogen-bond donors (Lipinski definition) is 3. The van der Waals surface area contributed by atoms with Crippen LogP contribution in [0.3, 0.4) is 0 Å². The predicted octanol–water partition coefficient (Wildman–Crippen LogP) is 2.22. The van der Waals surface area contributed by atoms with E-state index in [0.717, 1.165) is 29.5 Å². The Morgan fingerprint density at radius 3 is 2.87 bits per heavy atom. The molecule has 2 aromatic heterocycles. The molecular formula is C17H17N5O. The SMILES string of the molecule is NC1CCC(NC(=O)c2ccc3[nH]cnc3n2)c2ccccc21. The molecule has 0 spiro atoms. The van der Waals surface area contributed by atoms with Crippen molar-refractivity contribution >= 4 is 17.1 Å². The van der Waals surface area contributed by atoms with Crippen LogP contribution in [0.1, 0.15) is 46.5 Å². The van der Waals surface area contributed by atoms with Crippen molar-refractivity contribution in [3.05, 3.63) is 59.5 Å². The third kappa shape index (κ3) is 2.47. The summed E-state index contributed by atoms with van der Waals surface area (Å²) >= 11 is 0. The predicted molar refractivity (Wildman–Crippen MR) is 86.7 cm³/mol. The van der Waals surface area contributed by atoms with Crippen molar-refractivity contribution in [1.82, 2.24) is 20.3 Å². The fraction of sp³-hybridized carbons (Fsp3) is 0.235. The smallest absolute Gasteiger partial charge is 0.270 e. The second-order valence-electron chi connectivity index (χ2n) is 5.81. The molecule has 6 nitrogen and oxygen atoms in total. The summed E-state index contributed by atoms with van der Waals surface area (Å²) in [5.41, 5.74) is 10.1.